The zero-order chi connectivity index (χ0) is 14.2. The van der Waals surface area contributed by atoms with Gasteiger partial charge in [-0.3, -0.25) is 5.41 Å². The third-order valence-electron chi connectivity index (χ3n) is 2.47. The number of aromatic nitrogens is 3. The first-order valence-corrected chi connectivity index (χ1v) is 7.25. The first kappa shape index (κ1) is 13.2. The summed E-state index contributed by atoms with van der Waals surface area (Å²) in [4.78, 5) is 4.35. The molecule has 0 atom stereocenters. The van der Waals surface area contributed by atoms with Gasteiger partial charge in [-0.1, -0.05) is 0 Å². The van der Waals surface area contributed by atoms with Crippen molar-refractivity contribution in [1.82, 2.24) is 14.8 Å². The van der Waals surface area contributed by atoms with Crippen molar-refractivity contribution >= 4 is 15.7 Å². The fourth-order valence-electron chi connectivity index (χ4n) is 1.55. The maximum absolute atomic E-state index is 11.4. The fraction of sp³-hybridized carbons (Fsp3) is 0.182. The Morgan fingerprint density at radius 1 is 1.42 bits per heavy atom. The van der Waals surface area contributed by atoms with Crippen molar-refractivity contribution in [3.05, 3.63) is 35.8 Å². The van der Waals surface area contributed by atoms with Gasteiger partial charge in [0.25, 0.3) is 0 Å². The summed E-state index contributed by atoms with van der Waals surface area (Å²) in [5, 5.41) is 11.4. The average Bonchev–Trinajstić information content (AvgIpc) is 2.76. The minimum absolute atomic E-state index is 0.0813. The molecule has 8 heteroatoms. The van der Waals surface area contributed by atoms with Crippen LogP contribution in [0.5, 0.6) is 0 Å². The van der Waals surface area contributed by atoms with Crippen LogP contribution in [0.3, 0.4) is 0 Å². The van der Waals surface area contributed by atoms with Crippen molar-refractivity contribution in [3.8, 4) is 5.82 Å². The second-order valence-electron chi connectivity index (χ2n) is 4.16. The SMILES string of the molecule is Cc1cc(C(=N)N)cc(-n2cc(S(C)(=O)=O)cn2)n1. The van der Waals surface area contributed by atoms with E-state index in [1.807, 2.05) is 0 Å². The van der Waals surface area contributed by atoms with Crippen molar-refractivity contribution in [2.24, 2.45) is 5.73 Å². The van der Waals surface area contributed by atoms with Gasteiger partial charge in [-0.15, -0.1) is 0 Å². The van der Waals surface area contributed by atoms with E-state index in [0.717, 1.165) is 6.26 Å². The molecule has 2 aromatic rings. The van der Waals surface area contributed by atoms with Crippen LogP contribution in [0.15, 0.2) is 29.4 Å². The van der Waals surface area contributed by atoms with E-state index in [1.165, 1.54) is 17.1 Å². The van der Waals surface area contributed by atoms with Gasteiger partial charge in [0.2, 0.25) is 0 Å². The lowest BCUT2D eigenvalue weighted by Gasteiger charge is -2.05. The zero-order valence-corrected chi connectivity index (χ0v) is 11.3. The minimum atomic E-state index is -3.30. The highest BCUT2D eigenvalue weighted by Crippen LogP contribution is 2.13. The number of nitrogens with two attached hydrogens (primary N) is 1. The lowest BCUT2D eigenvalue weighted by Crippen LogP contribution is -2.13. The van der Waals surface area contributed by atoms with E-state index in [9.17, 15) is 8.42 Å². The smallest absolute Gasteiger partial charge is 0.178 e. The van der Waals surface area contributed by atoms with E-state index in [4.69, 9.17) is 11.1 Å². The third kappa shape index (κ3) is 2.79. The summed E-state index contributed by atoms with van der Waals surface area (Å²) < 4.78 is 24.1. The Labute approximate surface area is 110 Å². The maximum Gasteiger partial charge on any atom is 0.178 e. The normalized spacial score (nSPS) is 11.5. The molecule has 0 aliphatic rings. The molecule has 0 aromatic carbocycles. The van der Waals surface area contributed by atoms with Crippen LogP contribution in [0.25, 0.3) is 5.82 Å². The van der Waals surface area contributed by atoms with E-state index < -0.39 is 9.84 Å². The third-order valence-corrected chi connectivity index (χ3v) is 3.54. The molecule has 0 unspecified atom stereocenters. The van der Waals surface area contributed by atoms with Gasteiger partial charge >= 0.3 is 0 Å². The number of nitrogens with one attached hydrogen (secondary N) is 1. The van der Waals surface area contributed by atoms with E-state index in [1.54, 1.807) is 19.1 Å². The minimum Gasteiger partial charge on any atom is -0.384 e. The number of nitrogens with zero attached hydrogens (tertiary/aromatic N) is 3. The standard InChI is InChI=1S/C11H13N5O2S/c1-7-3-8(11(12)13)4-10(15-7)16-6-9(5-14-16)19(2,17)18/h3-6H,1-2H3,(H3,12,13). The number of rotatable bonds is 3. The van der Waals surface area contributed by atoms with Crippen molar-refractivity contribution in [2.45, 2.75) is 11.8 Å². The second kappa shape index (κ2) is 4.47. The van der Waals surface area contributed by atoms with E-state index in [2.05, 4.69) is 10.1 Å². The summed E-state index contributed by atoms with van der Waals surface area (Å²) >= 11 is 0. The molecule has 100 valence electrons. The Kier molecular flexibility index (Phi) is 3.11. The number of hydrogen-bond acceptors (Lipinski definition) is 5. The summed E-state index contributed by atoms with van der Waals surface area (Å²) in [7, 11) is -3.30. The molecule has 0 aliphatic heterocycles. The molecule has 2 rings (SSSR count). The van der Waals surface area contributed by atoms with Crippen LogP contribution >= 0.6 is 0 Å². The molecule has 3 N–H and O–H groups in total. The highest BCUT2D eigenvalue weighted by molar-refractivity contribution is 7.90. The molecular weight excluding hydrogens is 266 g/mol. The monoisotopic (exact) mass is 279 g/mol. The van der Waals surface area contributed by atoms with Crippen molar-refractivity contribution < 1.29 is 8.42 Å². The Balaban J connectivity index is 2.53. The van der Waals surface area contributed by atoms with E-state index >= 15 is 0 Å². The van der Waals surface area contributed by atoms with Gasteiger partial charge in [0.15, 0.2) is 15.7 Å². The Bertz CT molecular complexity index is 748. The highest BCUT2D eigenvalue weighted by Gasteiger charge is 2.12. The average molecular weight is 279 g/mol. The molecule has 2 heterocycles. The van der Waals surface area contributed by atoms with Crippen LogP contribution in [-0.2, 0) is 9.84 Å². The lowest BCUT2D eigenvalue weighted by atomic mass is 10.2. The summed E-state index contributed by atoms with van der Waals surface area (Å²) in [6.07, 6.45) is 3.74. The summed E-state index contributed by atoms with van der Waals surface area (Å²) in [6, 6.07) is 3.25. The predicted octanol–water partition coefficient (Wildman–Crippen LogP) is 0.263. The molecule has 0 amide bonds. The number of aryl methyl sites for hydroxylation is 1. The number of pyridine rings is 1. The van der Waals surface area contributed by atoms with E-state index in [-0.39, 0.29) is 10.7 Å². The molecule has 0 saturated carbocycles. The molecule has 0 saturated heterocycles. The van der Waals surface area contributed by atoms with Crippen LogP contribution in [0.1, 0.15) is 11.3 Å². The number of sulfone groups is 1. The number of nitrogen functional groups attached to an aromatic ring is 1. The quantitative estimate of drug-likeness (QED) is 0.618. The van der Waals surface area contributed by atoms with Crippen LogP contribution in [0.2, 0.25) is 0 Å². The first-order valence-electron chi connectivity index (χ1n) is 5.35. The first-order chi connectivity index (χ1) is 8.77. The second-order valence-corrected chi connectivity index (χ2v) is 6.18. The zero-order valence-electron chi connectivity index (χ0n) is 10.5. The van der Waals surface area contributed by atoms with Gasteiger partial charge in [-0.05, 0) is 19.1 Å². The predicted molar refractivity (Wildman–Crippen MR) is 70.2 cm³/mol. The maximum atomic E-state index is 11.4. The fourth-order valence-corrected chi connectivity index (χ4v) is 2.08. The van der Waals surface area contributed by atoms with Crippen molar-refractivity contribution in [1.29, 1.82) is 5.41 Å². The van der Waals surface area contributed by atoms with Gasteiger partial charge in [0, 0.05) is 17.5 Å². The molecule has 0 spiro atoms. The van der Waals surface area contributed by atoms with Crippen LogP contribution in [-0.4, -0.2) is 35.3 Å². The van der Waals surface area contributed by atoms with E-state index in [0.29, 0.717) is 17.1 Å². The molecule has 2 aromatic heterocycles. The van der Waals surface area contributed by atoms with Gasteiger partial charge in [0.05, 0.1) is 12.4 Å². The molecule has 7 nitrogen and oxygen atoms in total. The van der Waals surface area contributed by atoms with Gasteiger partial charge in [-0.25, -0.2) is 18.1 Å². The Morgan fingerprint density at radius 2 is 2.11 bits per heavy atom. The molecule has 0 fully saturated rings. The van der Waals surface area contributed by atoms with Crippen LogP contribution < -0.4 is 5.73 Å². The number of hydrogen-bond donors (Lipinski definition) is 2. The summed E-state index contributed by atoms with van der Waals surface area (Å²) in [5.74, 6) is 0.336. The number of amidine groups is 1. The molecule has 19 heavy (non-hydrogen) atoms. The summed E-state index contributed by atoms with van der Waals surface area (Å²) in [6.45, 7) is 1.76. The summed E-state index contributed by atoms with van der Waals surface area (Å²) in [5.41, 5.74) is 6.61. The largest absolute Gasteiger partial charge is 0.384 e. The highest BCUT2D eigenvalue weighted by atomic mass is 32.2. The molecular formula is C11H13N5O2S. The lowest BCUT2D eigenvalue weighted by molar-refractivity contribution is 0.602. The van der Waals surface area contributed by atoms with Crippen LogP contribution in [0.4, 0.5) is 0 Å². The van der Waals surface area contributed by atoms with Crippen molar-refractivity contribution in [2.75, 3.05) is 6.26 Å². The molecule has 0 bridgehead atoms. The molecule has 0 aliphatic carbocycles. The van der Waals surface area contributed by atoms with Gasteiger partial charge in [-0.2, -0.15) is 5.10 Å². The topological polar surface area (TPSA) is 115 Å². The van der Waals surface area contributed by atoms with Gasteiger partial charge in [0.1, 0.15) is 10.7 Å². The van der Waals surface area contributed by atoms with Crippen molar-refractivity contribution in [3.63, 3.8) is 0 Å². The Morgan fingerprint density at radius 3 is 2.63 bits per heavy atom. The van der Waals surface area contributed by atoms with Gasteiger partial charge < -0.3 is 5.73 Å². The molecule has 0 radical (unpaired) electrons. The van der Waals surface area contributed by atoms with Crippen LogP contribution in [0, 0.1) is 12.3 Å². The Hall–Kier alpha value is -2.22.